The van der Waals surface area contributed by atoms with E-state index >= 15 is 0 Å². The molecule has 0 spiro atoms. The largest absolute Gasteiger partial charge is 0.0853 e. The predicted molar refractivity (Wildman–Crippen MR) is 187 cm³/mol. The predicted octanol–water partition coefficient (Wildman–Crippen LogP) is 15.6. The van der Waals surface area contributed by atoms with Crippen LogP contribution in [0, 0.1) is 0 Å². The lowest BCUT2D eigenvalue weighted by atomic mass is 10.0. The van der Waals surface area contributed by atoms with Crippen molar-refractivity contribution in [3.63, 3.8) is 0 Å². The molecule has 0 heterocycles. The molecule has 0 aromatic rings. The maximum absolute atomic E-state index is 2.61. The van der Waals surface area contributed by atoms with E-state index in [1.807, 2.05) is 0 Å². The zero-order chi connectivity index (χ0) is 29.0. The molecule has 0 nitrogen and oxygen atoms in total. The number of rotatable bonds is 35. The lowest BCUT2D eigenvalue weighted by Gasteiger charge is -2.06. The first kappa shape index (κ1) is 39.7. The van der Waals surface area contributed by atoms with Gasteiger partial charge in [-0.3, -0.25) is 0 Å². The van der Waals surface area contributed by atoms with Crippen LogP contribution in [-0.4, -0.2) is 0 Å². The average Bonchev–Trinajstić information content (AvgIpc) is 2.97. The van der Waals surface area contributed by atoms with Gasteiger partial charge in [-0.05, 0) is 32.1 Å². The molecule has 0 fully saturated rings. The van der Waals surface area contributed by atoms with Gasteiger partial charge in [0.2, 0.25) is 0 Å². The van der Waals surface area contributed by atoms with Crippen LogP contribution in [0.1, 0.15) is 245 Å². The summed E-state index contributed by atoms with van der Waals surface area (Å²) in [4.78, 5) is 0. The molecule has 0 bridgehead atoms. The highest BCUT2D eigenvalue weighted by Gasteiger charge is 1.98. The second-order valence-corrected chi connectivity index (χ2v) is 13.4. The molecule has 0 unspecified atom stereocenters. The van der Waals surface area contributed by atoms with E-state index in [0.717, 1.165) is 0 Å². The minimum absolute atomic E-state index is 1.28. The Balaban J connectivity index is 3.32. The van der Waals surface area contributed by atoms with Crippen molar-refractivity contribution in [3.05, 3.63) is 11.6 Å². The van der Waals surface area contributed by atoms with Crippen LogP contribution in [0.2, 0.25) is 0 Å². The summed E-state index contributed by atoms with van der Waals surface area (Å²) in [5, 5.41) is 0. The highest BCUT2D eigenvalue weighted by molar-refractivity contribution is 5.00. The van der Waals surface area contributed by atoms with Crippen molar-refractivity contribution in [2.75, 3.05) is 0 Å². The number of allylic oxidation sites excluding steroid dienone is 2. The molecule has 0 radical (unpaired) electrons. The van der Waals surface area contributed by atoms with Gasteiger partial charge in [0, 0.05) is 0 Å². The highest BCUT2D eigenvalue weighted by Crippen LogP contribution is 2.18. The third kappa shape index (κ3) is 33.9. The van der Waals surface area contributed by atoms with Crippen LogP contribution in [0.4, 0.5) is 0 Å². The third-order valence-corrected chi connectivity index (χ3v) is 9.30. The van der Waals surface area contributed by atoms with Gasteiger partial charge in [0.15, 0.2) is 0 Å². The summed E-state index contributed by atoms with van der Waals surface area (Å²) in [6.07, 6.45) is 53.4. The summed E-state index contributed by atoms with van der Waals surface area (Å²) in [7, 11) is 0. The summed E-state index contributed by atoms with van der Waals surface area (Å²) >= 11 is 0. The zero-order valence-electron chi connectivity index (χ0n) is 28.8. The van der Waals surface area contributed by atoms with Gasteiger partial charge in [-0.1, -0.05) is 225 Å². The van der Waals surface area contributed by atoms with E-state index in [-0.39, 0.29) is 0 Å². The summed E-state index contributed by atoms with van der Waals surface area (Å²) in [6, 6.07) is 0. The fourth-order valence-corrected chi connectivity index (χ4v) is 6.32. The van der Waals surface area contributed by atoms with Crippen LogP contribution in [0.5, 0.6) is 0 Å². The van der Waals surface area contributed by atoms with Crippen molar-refractivity contribution in [3.8, 4) is 0 Å². The van der Waals surface area contributed by atoms with Crippen molar-refractivity contribution in [2.45, 2.75) is 245 Å². The molecule has 0 N–H and O–H groups in total. The molecule has 0 rings (SSSR count). The maximum Gasteiger partial charge on any atom is -0.0320 e. The molecule has 0 aliphatic heterocycles. The summed E-state index contributed by atoms with van der Waals surface area (Å²) in [5.74, 6) is 0. The Bertz CT molecular complexity index is 461. The first-order chi connectivity index (χ1) is 19.8. The normalized spacial score (nSPS) is 12.0. The average molecular weight is 561 g/mol. The van der Waals surface area contributed by atoms with Gasteiger partial charge in [0.25, 0.3) is 0 Å². The minimum atomic E-state index is 1.28. The van der Waals surface area contributed by atoms with Gasteiger partial charge in [-0.2, -0.15) is 0 Å². The van der Waals surface area contributed by atoms with E-state index in [4.69, 9.17) is 0 Å². The van der Waals surface area contributed by atoms with Crippen LogP contribution in [0.25, 0.3) is 0 Å². The number of hydrogen-bond donors (Lipinski definition) is 0. The molecule has 0 aliphatic rings. The van der Waals surface area contributed by atoms with Crippen LogP contribution in [0.15, 0.2) is 11.6 Å². The van der Waals surface area contributed by atoms with Crippen molar-refractivity contribution < 1.29 is 0 Å². The Labute approximate surface area is 256 Å². The van der Waals surface area contributed by atoms with E-state index in [1.165, 1.54) is 225 Å². The SMILES string of the molecule is CCCCCCCCCCCCCCCCCCC=C(CC)CCCCCCCCCCCCCCCCCC. The lowest BCUT2D eigenvalue weighted by Crippen LogP contribution is -1.86. The molecule has 0 aliphatic carbocycles. The molecular weight excluding hydrogens is 480 g/mol. The first-order valence-corrected chi connectivity index (χ1v) is 19.5. The van der Waals surface area contributed by atoms with E-state index in [9.17, 15) is 0 Å². The van der Waals surface area contributed by atoms with E-state index in [2.05, 4.69) is 26.8 Å². The molecule has 0 aromatic heterocycles. The van der Waals surface area contributed by atoms with Crippen LogP contribution < -0.4 is 0 Å². The maximum atomic E-state index is 2.61. The quantitative estimate of drug-likeness (QED) is 0.0534. The Morgan fingerprint density at radius 2 is 0.550 bits per heavy atom. The second kappa shape index (κ2) is 36.8. The van der Waals surface area contributed by atoms with Crippen LogP contribution in [-0.2, 0) is 0 Å². The monoisotopic (exact) mass is 561 g/mol. The Kier molecular flexibility index (Phi) is 36.5. The molecule has 0 saturated carbocycles. The fraction of sp³-hybridized carbons (Fsp3) is 0.950. The van der Waals surface area contributed by atoms with E-state index in [1.54, 1.807) is 5.57 Å². The molecule has 0 saturated heterocycles. The van der Waals surface area contributed by atoms with Crippen molar-refractivity contribution in [2.24, 2.45) is 0 Å². The fourth-order valence-electron chi connectivity index (χ4n) is 6.32. The van der Waals surface area contributed by atoms with Gasteiger partial charge >= 0.3 is 0 Å². The van der Waals surface area contributed by atoms with Crippen LogP contribution in [0.3, 0.4) is 0 Å². The van der Waals surface area contributed by atoms with E-state index in [0.29, 0.717) is 0 Å². The van der Waals surface area contributed by atoms with Crippen molar-refractivity contribution >= 4 is 0 Å². The zero-order valence-corrected chi connectivity index (χ0v) is 28.8. The van der Waals surface area contributed by atoms with E-state index < -0.39 is 0 Å². The molecule has 0 aromatic carbocycles. The number of unbranched alkanes of at least 4 members (excludes halogenated alkanes) is 31. The topological polar surface area (TPSA) is 0 Å². The lowest BCUT2D eigenvalue weighted by molar-refractivity contribution is 0.528. The Morgan fingerprint density at radius 1 is 0.300 bits per heavy atom. The van der Waals surface area contributed by atoms with Gasteiger partial charge in [-0.15, -0.1) is 0 Å². The van der Waals surface area contributed by atoms with Crippen LogP contribution >= 0.6 is 0 Å². The second-order valence-electron chi connectivity index (χ2n) is 13.4. The first-order valence-electron chi connectivity index (χ1n) is 19.5. The summed E-state index contributed by atoms with van der Waals surface area (Å²) in [6.45, 7) is 6.98. The summed E-state index contributed by atoms with van der Waals surface area (Å²) < 4.78 is 0. The van der Waals surface area contributed by atoms with Gasteiger partial charge in [0.1, 0.15) is 0 Å². The van der Waals surface area contributed by atoms with Gasteiger partial charge in [-0.25, -0.2) is 0 Å². The van der Waals surface area contributed by atoms with Gasteiger partial charge < -0.3 is 0 Å². The highest BCUT2D eigenvalue weighted by atomic mass is 14.0. The molecule has 0 atom stereocenters. The number of hydrogen-bond acceptors (Lipinski definition) is 0. The molecule has 240 valence electrons. The van der Waals surface area contributed by atoms with Crippen molar-refractivity contribution in [1.29, 1.82) is 0 Å². The molecule has 0 amide bonds. The Hall–Kier alpha value is -0.260. The smallest absolute Gasteiger partial charge is 0.0320 e. The Morgan fingerprint density at radius 3 is 0.825 bits per heavy atom. The van der Waals surface area contributed by atoms with Gasteiger partial charge in [0.05, 0.1) is 0 Å². The minimum Gasteiger partial charge on any atom is -0.0853 e. The standard InChI is InChI=1S/C40H80/c1-4-7-9-11-13-15-17-19-21-23-25-27-29-31-33-35-37-39-40(6-3)38-36-34-32-30-28-26-24-22-20-18-16-14-12-10-8-5-2/h39H,4-38H2,1-3H3. The third-order valence-electron chi connectivity index (χ3n) is 9.30. The van der Waals surface area contributed by atoms with Crippen molar-refractivity contribution in [1.82, 2.24) is 0 Å². The summed E-state index contributed by atoms with van der Waals surface area (Å²) in [5.41, 5.74) is 1.74. The molecule has 0 heteroatoms. The molecule has 40 heavy (non-hydrogen) atoms. The molecular formula is C40H80.